The molecule has 3 rings (SSSR count). The predicted molar refractivity (Wildman–Crippen MR) is 99.8 cm³/mol. The first kappa shape index (κ1) is 19.6. The molecule has 3 aliphatic rings. The van der Waals surface area contributed by atoms with E-state index in [1.54, 1.807) is 0 Å². The van der Waals surface area contributed by atoms with Gasteiger partial charge in [0.25, 0.3) is 0 Å². The molecule has 0 saturated carbocycles. The molecule has 2 amide bonds. The molecule has 0 bridgehead atoms. The molecular weight excluding hydrogens is 332 g/mol. The van der Waals surface area contributed by atoms with Crippen LogP contribution in [0.2, 0.25) is 0 Å². The van der Waals surface area contributed by atoms with Gasteiger partial charge < -0.3 is 20.3 Å². The second kappa shape index (κ2) is 9.67. The molecule has 0 aromatic carbocycles. The lowest BCUT2D eigenvalue weighted by Gasteiger charge is -2.29. The summed E-state index contributed by atoms with van der Waals surface area (Å²) in [4.78, 5) is 28.9. The monoisotopic (exact) mass is 366 g/mol. The Labute approximate surface area is 156 Å². The van der Waals surface area contributed by atoms with Crippen molar-refractivity contribution >= 4 is 11.8 Å². The zero-order valence-electron chi connectivity index (χ0n) is 16.0. The fourth-order valence-corrected chi connectivity index (χ4v) is 4.33. The standard InChI is InChI=1S/C19H34N4O3/c1-15(16-2-4-20-5-3-16)12-18(24)21-17-13-19(25)23(14-17)7-6-22-8-10-26-11-9-22/h15-17,20H,2-14H2,1H3,(H,21,24). The molecule has 0 spiro atoms. The smallest absolute Gasteiger partial charge is 0.224 e. The van der Waals surface area contributed by atoms with E-state index < -0.39 is 0 Å². The van der Waals surface area contributed by atoms with E-state index in [4.69, 9.17) is 4.74 Å². The highest BCUT2D eigenvalue weighted by Crippen LogP contribution is 2.24. The summed E-state index contributed by atoms with van der Waals surface area (Å²) in [5, 5.41) is 6.47. The van der Waals surface area contributed by atoms with Crippen molar-refractivity contribution in [3.63, 3.8) is 0 Å². The Morgan fingerprint density at radius 2 is 2.00 bits per heavy atom. The maximum Gasteiger partial charge on any atom is 0.224 e. The predicted octanol–water partition coefficient (Wildman–Crippen LogP) is 0.0615. The molecule has 2 atom stereocenters. The molecule has 148 valence electrons. The van der Waals surface area contributed by atoms with E-state index in [0.717, 1.165) is 65.3 Å². The van der Waals surface area contributed by atoms with Gasteiger partial charge in [0.1, 0.15) is 0 Å². The van der Waals surface area contributed by atoms with Crippen molar-refractivity contribution in [3.8, 4) is 0 Å². The minimum atomic E-state index is -0.0279. The first-order valence-electron chi connectivity index (χ1n) is 10.2. The second-order valence-electron chi connectivity index (χ2n) is 8.03. The number of nitrogens with zero attached hydrogens (tertiary/aromatic N) is 2. The van der Waals surface area contributed by atoms with Crippen LogP contribution in [0.25, 0.3) is 0 Å². The van der Waals surface area contributed by atoms with E-state index in [-0.39, 0.29) is 17.9 Å². The van der Waals surface area contributed by atoms with E-state index in [1.165, 1.54) is 0 Å². The lowest BCUT2D eigenvalue weighted by Crippen LogP contribution is -2.43. The molecule has 3 aliphatic heterocycles. The van der Waals surface area contributed by atoms with Gasteiger partial charge in [0, 0.05) is 45.6 Å². The Hall–Kier alpha value is -1.18. The fourth-order valence-electron chi connectivity index (χ4n) is 4.33. The molecule has 0 aliphatic carbocycles. The third-order valence-electron chi connectivity index (χ3n) is 6.07. The van der Waals surface area contributed by atoms with Gasteiger partial charge in [0.2, 0.25) is 11.8 Å². The molecule has 3 fully saturated rings. The quantitative estimate of drug-likeness (QED) is 0.667. The van der Waals surface area contributed by atoms with E-state index in [0.29, 0.717) is 31.2 Å². The maximum absolute atomic E-state index is 12.4. The number of hydrogen-bond donors (Lipinski definition) is 2. The highest BCUT2D eigenvalue weighted by atomic mass is 16.5. The van der Waals surface area contributed by atoms with Crippen LogP contribution in [-0.4, -0.2) is 86.7 Å². The minimum Gasteiger partial charge on any atom is -0.379 e. The molecule has 7 nitrogen and oxygen atoms in total. The SMILES string of the molecule is CC(CC(=O)NC1CC(=O)N(CCN2CCOCC2)C1)C1CCNCC1. The summed E-state index contributed by atoms with van der Waals surface area (Å²) in [6, 6.07) is -0.0279. The number of hydrogen-bond acceptors (Lipinski definition) is 5. The van der Waals surface area contributed by atoms with E-state index in [2.05, 4.69) is 22.5 Å². The van der Waals surface area contributed by atoms with Gasteiger partial charge in [-0.05, 0) is 37.8 Å². The van der Waals surface area contributed by atoms with Crippen LogP contribution in [0, 0.1) is 11.8 Å². The van der Waals surface area contributed by atoms with Gasteiger partial charge in [-0.2, -0.15) is 0 Å². The second-order valence-corrected chi connectivity index (χ2v) is 8.03. The van der Waals surface area contributed by atoms with Crippen LogP contribution in [-0.2, 0) is 14.3 Å². The molecule has 3 saturated heterocycles. The van der Waals surface area contributed by atoms with Crippen LogP contribution < -0.4 is 10.6 Å². The Morgan fingerprint density at radius 3 is 2.73 bits per heavy atom. The number of ether oxygens (including phenoxy) is 1. The number of amides is 2. The number of rotatable bonds is 7. The summed E-state index contributed by atoms with van der Waals surface area (Å²) in [7, 11) is 0. The number of nitrogens with one attached hydrogen (secondary N) is 2. The average Bonchev–Trinajstić information content (AvgIpc) is 3.00. The highest BCUT2D eigenvalue weighted by Gasteiger charge is 2.31. The fraction of sp³-hybridized carbons (Fsp3) is 0.895. The van der Waals surface area contributed by atoms with Crippen molar-refractivity contribution in [2.45, 2.75) is 38.6 Å². The average molecular weight is 367 g/mol. The Morgan fingerprint density at radius 1 is 1.27 bits per heavy atom. The third kappa shape index (κ3) is 5.66. The van der Waals surface area contributed by atoms with Gasteiger partial charge in [-0.25, -0.2) is 0 Å². The summed E-state index contributed by atoms with van der Waals surface area (Å²) >= 11 is 0. The maximum atomic E-state index is 12.4. The van der Waals surface area contributed by atoms with Crippen LogP contribution >= 0.6 is 0 Å². The first-order chi connectivity index (χ1) is 12.6. The van der Waals surface area contributed by atoms with Crippen molar-refractivity contribution in [3.05, 3.63) is 0 Å². The van der Waals surface area contributed by atoms with Gasteiger partial charge in [-0.1, -0.05) is 6.92 Å². The summed E-state index contributed by atoms with van der Waals surface area (Å²) in [6.07, 6.45) is 3.33. The number of carbonyl (C=O) groups excluding carboxylic acids is 2. The molecule has 0 aromatic heterocycles. The Balaban J connectivity index is 1.36. The van der Waals surface area contributed by atoms with Crippen molar-refractivity contribution in [1.82, 2.24) is 20.4 Å². The number of carbonyl (C=O) groups is 2. The highest BCUT2D eigenvalue weighted by molar-refractivity contribution is 5.82. The topological polar surface area (TPSA) is 73.9 Å². The Kier molecular flexibility index (Phi) is 7.28. The van der Waals surface area contributed by atoms with Crippen molar-refractivity contribution in [2.75, 3.05) is 59.0 Å². The minimum absolute atomic E-state index is 0.0279. The number of likely N-dealkylation sites (tertiary alicyclic amines) is 1. The van der Waals surface area contributed by atoms with Gasteiger partial charge in [0.15, 0.2) is 0 Å². The van der Waals surface area contributed by atoms with Gasteiger partial charge in [-0.15, -0.1) is 0 Å². The van der Waals surface area contributed by atoms with Crippen molar-refractivity contribution in [2.24, 2.45) is 11.8 Å². The van der Waals surface area contributed by atoms with Crippen LogP contribution in [0.15, 0.2) is 0 Å². The lowest BCUT2D eigenvalue weighted by molar-refractivity contribution is -0.128. The van der Waals surface area contributed by atoms with Crippen LogP contribution in [0.1, 0.15) is 32.6 Å². The normalized spacial score (nSPS) is 26.9. The van der Waals surface area contributed by atoms with E-state index in [1.807, 2.05) is 4.90 Å². The molecule has 7 heteroatoms. The summed E-state index contributed by atoms with van der Waals surface area (Å²) in [6.45, 7) is 10.0. The van der Waals surface area contributed by atoms with Gasteiger partial charge in [-0.3, -0.25) is 14.5 Å². The Bertz CT molecular complexity index is 475. The molecule has 2 unspecified atom stereocenters. The molecule has 0 aromatic rings. The zero-order chi connectivity index (χ0) is 18.4. The lowest BCUT2D eigenvalue weighted by atomic mass is 9.84. The third-order valence-corrected chi connectivity index (χ3v) is 6.07. The van der Waals surface area contributed by atoms with Gasteiger partial charge >= 0.3 is 0 Å². The number of morpholine rings is 1. The summed E-state index contributed by atoms with van der Waals surface area (Å²) in [5.74, 6) is 1.31. The van der Waals surface area contributed by atoms with Gasteiger partial charge in [0.05, 0.1) is 19.3 Å². The largest absolute Gasteiger partial charge is 0.379 e. The van der Waals surface area contributed by atoms with Crippen LogP contribution in [0.4, 0.5) is 0 Å². The summed E-state index contributed by atoms with van der Waals surface area (Å²) < 4.78 is 5.36. The van der Waals surface area contributed by atoms with Crippen LogP contribution in [0.5, 0.6) is 0 Å². The molecule has 0 radical (unpaired) electrons. The molecule has 26 heavy (non-hydrogen) atoms. The number of piperidine rings is 1. The molecular formula is C19H34N4O3. The molecule has 3 heterocycles. The zero-order valence-corrected chi connectivity index (χ0v) is 16.0. The molecule has 2 N–H and O–H groups in total. The van der Waals surface area contributed by atoms with E-state index >= 15 is 0 Å². The first-order valence-corrected chi connectivity index (χ1v) is 10.2. The summed E-state index contributed by atoms with van der Waals surface area (Å²) in [5.41, 5.74) is 0. The van der Waals surface area contributed by atoms with E-state index in [9.17, 15) is 9.59 Å². The van der Waals surface area contributed by atoms with Crippen LogP contribution in [0.3, 0.4) is 0 Å². The van der Waals surface area contributed by atoms with Crippen molar-refractivity contribution < 1.29 is 14.3 Å². The van der Waals surface area contributed by atoms with Crippen molar-refractivity contribution in [1.29, 1.82) is 0 Å².